The van der Waals surface area contributed by atoms with E-state index < -0.39 is 17.3 Å². The first-order chi connectivity index (χ1) is 17.7. The van der Waals surface area contributed by atoms with E-state index in [2.05, 4.69) is 21.3 Å². The van der Waals surface area contributed by atoms with Crippen LogP contribution in [0, 0.1) is 29.5 Å². The van der Waals surface area contributed by atoms with Gasteiger partial charge in [-0.15, -0.1) is 0 Å². The summed E-state index contributed by atoms with van der Waals surface area (Å²) in [4.78, 5) is 21.2. The Morgan fingerprint density at radius 1 is 1.30 bits per heavy atom. The summed E-state index contributed by atoms with van der Waals surface area (Å²) in [7, 11) is 0. The van der Waals surface area contributed by atoms with E-state index in [1.807, 2.05) is 26.0 Å². The maximum Gasteiger partial charge on any atom is 0.322 e. The number of amides is 2. The molecule has 10 heteroatoms. The van der Waals surface area contributed by atoms with Gasteiger partial charge < -0.3 is 29.7 Å². The van der Waals surface area contributed by atoms with Crippen LogP contribution in [0.3, 0.4) is 0 Å². The van der Waals surface area contributed by atoms with Crippen molar-refractivity contribution in [1.29, 1.82) is 5.26 Å². The predicted octanol–water partition coefficient (Wildman–Crippen LogP) is 3.73. The summed E-state index contributed by atoms with van der Waals surface area (Å²) in [6, 6.07) is 8.46. The predicted molar refractivity (Wildman–Crippen MR) is 138 cm³/mol. The van der Waals surface area contributed by atoms with E-state index in [0.29, 0.717) is 62.2 Å². The van der Waals surface area contributed by atoms with Crippen LogP contribution in [-0.2, 0) is 4.74 Å². The minimum Gasteiger partial charge on any atom is -0.475 e. The zero-order chi connectivity index (χ0) is 26.6. The highest BCUT2D eigenvalue weighted by Gasteiger charge is 2.30. The van der Waals surface area contributed by atoms with Crippen LogP contribution >= 0.6 is 0 Å². The Kier molecular flexibility index (Phi) is 7.95. The smallest absolute Gasteiger partial charge is 0.322 e. The standard InChI is InChI=1S/C27H32FN5O4/c1-18-12-22(28)23(30-26(35)33-5-4-20(16-33)27(2,3)17-29)15-21(18)19-13-24(32-6-9-36-10-7-32)31-25(14-19)37-11-8-34/h4,12-15,34H,5-11,16H2,1-3H3,(H,30,35). The lowest BCUT2D eigenvalue weighted by atomic mass is 9.86. The number of anilines is 2. The Balaban J connectivity index is 1.61. The summed E-state index contributed by atoms with van der Waals surface area (Å²) in [5, 5.41) is 21.3. The molecule has 4 rings (SSSR count). The molecule has 1 aromatic heterocycles. The Bertz CT molecular complexity index is 1230. The van der Waals surface area contributed by atoms with Gasteiger partial charge in [-0.1, -0.05) is 6.08 Å². The van der Waals surface area contributed by atoms with E-state index in [-0.39, 0.29) is 18.9 Å². The third-order valence-corrected chi connectivity index (χ3v) is 6.62. The van der Waals surface area contributed by atoms with Gasteiger partial charge in [0.05, 0.1) is 37.0 Å². The monoisotopic (exact) mass is 509 g/mol. The number of aliphatic hydroxyl groups is 1. The zero-order valence-corrected chi connectivity index (χ0v) is 21.4. The highest BCUT2D eigenvalue weighted by molar-refractivity contribution is 5.91. The van der Waals surface area contributed by atoms with Crippen LogP contribution in [-0.4, -0.2) is 73.6 Å². The first kappa shape index (κ1) is 26.4. The van der Waals surface area contributed by atoms with Crippen LogP contribution in [0.1, 0.15) is 19.4 Å². The average Bonchev–Trinajstić information content (AvgIpc) is 3.41. The molecule has 3 heterocycles. The molecule has 0 atom stereocenters. The molecule has 0 aliphatic carbocycles. The Hall–Kier alpha value is -3.68. The van der Waals surface area contributed by atoms with Gasteiger partial charge in [0.25, 0.3) is 0 Å². The molecule has 2 aliphatic heterocycles. The van der Waals surface area contributed by atoms with Crippen LogP contribution < -0.4 is 15.0 Å². The molecule has 0 bridgehead atoms. The van der Waals surface area contributed by atoms with Gasteiger partial charge in [-0.05, 0) is 61.2 Å². The molecular weight excluding hydrogens is 477 g/mol. The van der Waals surface area contributed by atoms with Crippen molar-refractivity contribution >= 4 is 17.5 Å². The number of carbonyl (C=O) groups is 1. The van der Waals surface area contributed by atoms with Crippen molar-refractivity contribution in [2.45, 2.75) is 20.8 Å². The summed E-state index contributed by atoms with van der Waals surface area (Å²) in [5.74, 6) is 0.496. The SMILES string of the molecule is Cc1cc(F)c(NC(=O)N2CC=C(C(C)(C)C#N)C2)cc1-c1cc(OCCO)nc(N2CCOCC2)c1. The van der Waals surface area contributed by atoms with Gasteiger partial charge in [-0.25, -0.2) is 9.18 Å². The first-order valence-corrected chi connectivity index (χ1v) is 12.3. The molecule has 0 radical (unpaired) electrons. The number of ether oxygens (including phenoxy) is 2. The summed E-state index contributed by atoms with van der Waals surface area (Å²) < 4.78 is 26.0. The van der Waals surface area contributed by atoms with Crippen molar-refractivity contribution in [3.63, 3.8) is 0 Å². The van der Waals surface area contributed by atoms with Crippen molar-refractivity contribution in [2.24, 2.45) is 5.41 Å². The lowest BCUT2D eigenvalue weighted by Crippen LogP contribution is -2.36. The second-order valence-electron chi connectivity index (χ2n) is 9.65. The van der Waals surface area contributed by atoms with Crippen molar-refractivity contribution in [2.75, 3.05) is 62.8 Å². The highest BCUT2D eigenvalue weighted by atomic mass is 19.1. The lowest BCUT2D eigenvalue weighted by Gasteiger charge is -2.28. The number of morpholine rings is 1. The minimum atomic E-state index is -0.674. The number of halogens is 1. The molecule has 0 spiro atoms. The molecule has 196 valence electrons. The number of hydrogen-bond acceptors (Lipinski definition) is 7. The Labute approximate surface area is 216 Å². The average molecular weight is 510 g/mol. The third kappa shape index (κ3) is 6.01. The fourth-order valence-electron chi connectivity index (χ4n) is 4.33. The zero-order valence-electron chi connectivity index (χ0n) is 21.4. The van der Waals surface area contributed by atoms with Gasteiger partial charge in [-0.3, -0.25) is 0 Å². The van der Waals surface area contributed by atoms with Crippen LogP contribution in [0.15, 0.2) is 35.9 Å². The molecule has 1 aromatic carbocycles. The number of carbonyl (C=O) groups excluding carboxylic acids is 1. The fourth-order valence-corrected chi connectivity index (χ4v) is 4.33. The highest BCUT2D eigenvalue weighted by Crippen LogP contribution is 2.34. The van der Waals surface area contributed by atoms with Crippen molar-refractivity contribution in [3.05, 3.63) is 47.3 Å². The number of nitrogens with zero attached hydrogens (tertiary/aromatic N) is 4. The number of aromatic nitrogens is 1. The van der Waals surface area contributed by atoms with E-state index in [0.717, 1.165) is 11.1 Å². The third-order valence-electron chi connectivity index (χ3n) is 6.62. The first-order valence-electron chi connectivity index (χ1n) is 12.3. The number of nitriles is 1. The summed E-state index contributed by atoms with van der Waals surface area (Å²) in [5.41, 5.74) is 2.39. The molecule has 1 saturated heterocycles. The van der Waals surface area contributed by atoms with Gasteiger partial charge >= 0.3 is 6.03 Å². The van der Waals surface area contributed by atoms with Crippen molar-refractivity contribution < 1.29 is 23.8 Å². The number of hydrogen-bond donors (Lipinski definition) is 2. The summed E-state index contributed by atoms with van der Waals surface area (Å²) in [6.07, 6.45) is 1.87. The quantitative estimate of drug-likeness (QED) is 0.547. The van der Waals surface area contributed by atoms with Gasteiger partial charge in [0.15, 0.2) is 0 Å². The summed E-state index contributed by atoms with van der Waals surface area (Å²) in [6.45, 7) is 8.55. The van der Waals surface area contributed by atoms with E-state index in [9.17, 15) is 19.6 Å². The maximum atomic E-state index is 15.0. The number of benzene rings is 1. The van der Waals surface area contributed by atoms with Crippen LogP contribution in [0.2, 0.25) is 0 Å². The molecule has 1 fully saturated rings. The lowest BCUT2D eigenvalue weighted by molar-refractivity contribution is 0.122. The van der Waals surface area contributed by atoms with Crippen molar-refractivity contribution in [3.8, 4) is 23.1 Å². The maximum absolute atomic E-state index is 15.0. The number of nitrogens with one attached hydrogen (secondary N) is 1. The Morgan fingerprint density at radius 2 is 2.05 bits per heavy atom. The Morgan fingerprint density at radius 3 is 2.76 bits per heavy atom. The number of aliphatic hydroxyl groups excluding tert-OH is 1. The molecule has 2 aliphatic rings. The molecule has 2 aromatic rings. The summed E-state index contributed by atoms with van der Waals surface area (Å²) >= 11 is 0. The van der Waals surface area contributed by atoms with Gasteiger partial charge in [-0.2, -0.15) is 10.2 Å². The molecule has 9 nitrogen and oxygen atoms in total. The van der Waals surface area contributed by atoms with Crippen LogP contribution in [0.5, 0.6) is 5.88 Å². The second kappa shape index (κ2) is 11.2. The van der Waals surface area contributed by atoms with E-state index in [1.165, 1.54) is 11.0 Å². The minimum absolute atomic E-state index is 0.0566. The van der Waals surface area contributed by atoms with Crippen LogP contribution in [0.25, 0.3) is 11.1 Å². The number of pyridine rings is 1. The molecule has 37 heavy (non-hydrogen) atoms. The fraction of sp³-hybridized carbons (Fsp3) is 0.444. The molecular formula is C27H32FN5O4. The van der Waals surface area contributed by atoms with Gasteiger partial charge in [0, 0.05) is 32.2 Å². The van der Waals surface area contributed by atoms with Crippen LogP contribution in [0.4, 0.5) is 20.7 Å². The van der Waals surface area contributed by atoms with E-state index >= 15 is 0 Å². The molecule has 0 unspecified atom stereocenters. The van der Waals surface area contributed by atoms with Gasteiger partial charge in [0.1, 0.15) is 18.2 Å². The topological polar surface area (TPSA) is 111 Å². The molecule has 2 N–H and O–H groups in total. The second-order valence-corrected chi connectivity index (χ2v) is 9.65. The van der Waals surface area contributed by atoms with Crippen molar-refractivity contribution in [1.82, 2.24) is 9.88 Å². The van der Waals surface area contributed by atoms with E-state index in [1.54, 1.807) is 19.1 Å². The number of rotatable bonds is 7. The molecule has 2 amide bonds. The van der Waals surface area contributed by atoms with Gasteiger partial charge in [0.2, 0.25) is 5.88 Å². The normalized spacial score (nSPS) is 15.8. The number of urea groups is 1. The molecule has 0 saturated carbocycles. The van der Waals surface area contributed by atoms with E-state index in [4.69, 9.17) is 9.47 Å². The largest absolute Gasteiger partial charge is 0.475 e. The number of aryl methyl sites for hydroxylation is 1.